The first-order valence-electron chi connectivity index (χ1n) is 6.28. The molecular formula is C14H23ClN2S. The molecule has 0 saturated carbocycles. The number of hydrogen-bond acceptors (Lipinski definition) is 3. The number of nitrogens with one attached hydrogen (secondary N) is 1. The van der Waals surface area contributed by atoms with Gasteiger partial charge in [0.1, 0.15) is 0 Å². The maximum Gasteiger partial charge on any atom is 0.0642 e. The Morgan fingerprint density at radius 2 is 2.17 bits per heavy atom. The number of hydrogen-bond donors (Lipinski definition) is 1. The molecule has 0 amide bonds. The van der Waals surface area contributed by atoms with Crippen LogP contribution in [-0.2, 0) is 6.54 Å². The predicted molar refractivity (Wildman–Crippen MR) is 85.1 cm³/mol. The van der Waals surface area contributed by atoms with E-state index < -0.39 is 0 Å². The lowest BCUT2D eigenvalue weighted by Gasteiger charge is -2.29. The zero-order valence-electron chi connectivity index (χ0n) is 11.7. The predicted octanol–water partition coefficient (Wildman–Crippen LogP) is 3.64. The van der Waals surface area contributed by atoms with Gasteiger partial charge in [0.15, 0.2) is 0 Å². The van der Waals surface area contributed by atoms with Crippen molar-refractivity contribution in [3.63, 3.8) is 0 Å². The van der Waals surface area contributed by atoms with Crippen molar-refractivity contribution < 1.29 is 0 Å². The van der Waals surface area contributed by atoms with Crippen LogP contribution in [0.1, 0.15) is 18.9 Å². The number of benzene rings is 1. The van der Waals surface area contributed by atoms with Crippen molar-refractivity contribution in [3.8, 4) is 0 Å². The van der Waals surface area contributed by atoms with E-state index in [0.717, 1.165) is 29.4 Å². The van der Waals surface area contributed by atoms with Gasteiger partial charge in [-0.25, -0.2) is 0 Å². The third-order valence-corrected chi connectivity index (χ3v) is 4.17. The van der Waals surface area contributed by atoms with Crippen LogP contribution >= 0.6 is 23.4 Å². The van der Waals surface area contributed by atoms with Crippen molar-refractivity contribution >= 4 is 29.1 Å². The van der Waals surface area contributed by atoms with Crippen molar-refractivity contribution in [2.75, 3.05) is 31.0 Å². The average Bonchev–Trinajstić information content (AvgIpc) is 2.36. The number of halogens is 1. The van der Waals surface area contributed by atoms with E-state index in [1.807, 2.05) is 18.8 Å². The number of rotatable bonds is 7. The minimum absolute atomic E-state index is 0.535. The molecule has 0 spiro atoms. The van der Waals surface area contributed by atoms with Crippen LogP contribution in [0.3, 0.4) is 0 Å². The molecule has 1 atom stereocenters. The largest absolute Gasteiger partial charge is 0.370 e. The van der Waals surface area contributed by atoms with E-state index in [1.54, 1.807) is 0 Å². The topological polar surface area (TPSA) is 15.3 Å². The Morgan fingerprint density at radius 3 is 2.67 bits per heavy atom. The minimum Gasteiger partial charge on any atom is -0.370 e. The molecule has 0 aliphatic heterocycles. The summed E-state index contributed by atoms with van der Waals surface area (Å²) in [5.41, 5.74) is 2.34. The first-order valence-corrected chi connectivity index (χ1v) is 8.06. The molecule has 1 aromatic carbocycles. The Bertz CT molecular complexity index is 371. The summed E-state index contributed by atoms with van der Waals surface area (Å²) in [6, 6.07) is 6.85. The molecule has 0 radical (unpaired) electrons. The molecule has 4 heteroatoms. The zero-order valence-corrected chi connectivity index (χ0v) is 13.2. The smallest absolute Gasteiger partial charge is 0.0642 e. The molecule has 1 rings (SSSR count). The first-order chi connectivity index (χ1) is 8.63. The summed E-state index contributed by atoms with van der Waals surface area (Å²) < 4.78 is 0. The fraction of sp³-hybridized carbons (Fsp3) is 0.571. The minimum atomic E-state index is 0.535. The summed E-state index contributed by atoms with van der Waals surface area (Å²) in [6.45, 7) is 3.08. The number of nitrogens with zero attached hydrogens (tertiary/aromatic N) is 1. The highest BCUT2D eigenvalue weighted by molar-refractivity contribution is 7.98. The van der Waals surface area contributed by atoms with Gasteiger partial charge < -0.3 is 10.2 Å². The number of thioether (sulfide) groups is 1. The third kappa shape index (κ3) is 4.08. The van der Waals surface area contributed by atoms with E-state index in [0.29, 0.717) is 6.04 Å². The summed E-state index contributed by atoms with van der Waals surface area (Å²) in [7, 11) is 4.07. The molecule has 1 N–H and O–H groups in total. The Balaban J connectivity index is 2.87. The fourth-order valence-electron chi connectivity index (χ4n) is 2.04. The van der Waals surface area contributed by atoms with E-state index >= 15 is 0 Å². The highest BCUT2D eigenvalue weighted by Crippen LogP contribution is 2.28. The Morgan fingerprint density at radius 1 is 1.44 bits per heavy atom. The van der Waals surface area contributed by atoms with Gasteiger partial charge in [-0.3, -0.25) is 0 Å². The summed E-state index contributed by atoms with van der Waals surface area (Å²) in [6.07, 6.45) is 3.28. The number of anilines is 1. The SMILES string of the molecule is CCC(CSC)N(C)c1ccc(CNC)cc1Cl. The van der Waals surface area contributed by atoms with Gasteiger partial charge in [-0.15, -0.1) is 0 Å². The lowest BCUT2D eigenvalue weighted by atomic mass is 10.1. The highest BCUT2D eigenvalue weighted by Gasteiger charge is 2.15. The Hall–Kier alpha value is -0.380. The molecule has 2 nitrogen and oxygen atoms in total. The van der Waals surface area contributed by atoms with Gasteiger partial charge in [0.25, 0.3) is 0 Å². The van der Waals surface area contributed by atoms with E-state index in [2.05, 4.69) is 48.6 Å². The van der Waals surface area contributed by atoms with E-state index in [9.17, 15) is 0 Å². The van der Waals surface area contributed by atoms with Crippen molar-refractivity contribution in [2.45, 2.75) is 25.9 Å². The zero-order chi connectivity index (χ0) is 13.5. The molecular weight excluding hydrogens is 264 g/mol. The van der Waals surface area contributed by atoms with E-state index in [-0.39, 0.29) is 0 Å². The Kier molecular flexibility index (Phi) is 6.90. The highest BCUT2D eigenvalue weighted by atomic mass is 35.5. The third-order valence-electron chi connectivity index (χ3n) is 3.15. The van der Waals surface area contributed by atoms with Gasteiger partial charge in [-0.1, -0.05) is 24.6 Å². The molecule has 0 heterocycles. The molecule has 1 aromatic rings. The van der Waals surface area contributed by atoms with Gasteiger partial charge in [-0.2, -0.15) is 11.8 Å². The summed E-state index contributed by atoms with van der Waals surface area (Å²) in [5.74, 6) is 1.13. The van der Waals surface area contributed by atoms with Gasteiger partial charge in [0, 0.05) is 25.4 Å². The Labute approximate surface area is 120 Å². The van der Waals surface area contributed by atoms with Gasteiger partial charge in [0.05, 0.1) is 10.7 Å². The van der Waals surface area contributed by atoms with Crippen LogP contribution in [0.25, 0.3) is 0 Å². The molecule has 0 aliphatic rings. The second kappa shape index (κ2) is 7.93. The van der Waals surface area contributed by atoms with Crippen LogP contribution in [0.5, 0.6) is 0 Å². The normalized spacial score (nSPS) is 12.5. The summed E-state index contributed by atoms with van der Waals surface area (Å²) in [5, 5.41) is 3.98. The van der Waals surface area contributed by atoms with Gasteiger partial charge in [-0.05, 0) is 37.4 Å². The van der Waals surface area contributed by atoms with Gasteiger partial charge in [0.2, 0.25) is 0 Å². The van der Waals surface area contributed by atoms with Crippen molar-refractivity contribution in [1.29, 1.82) is 0 Å². The molecule has 1 unspecified atom stereocenters. The molecule has 18 heavy (non-hydrogen) atoms. The molecule has 0 fully saturated rings. The molecule has 0 aliphatic carbocycles. The van der Waals surface area contributed by atoms with Crippen molar-refractivity contribution in [3.05, 3.63) is 28.8 Å². The maximum absolute atomic E-state index is 6.38. The molecule has 102 valence electrons. The monoisotopic (exact) mass is 286 g/mol. The standard InChI is InChI=1S/C14H23ClN2S/c1-5-12(10-18-4)17(3)14-7-6-11(9-16-2)8-13(14)15/h6-8,12,16H,5,9-10H2,1-4H3. The van der Waals surface area contributed by atoms with Crippen molar-refractivity contribution in [1.82, 2.24) is 5.32 Å². The van der Waals surface area contributed by atoms with Crippen LogP contribution in [0.15, 0.2) is 18.2 Å². The molecule has 0 bridgehead atoms. The summed E-state index contributed by atoms with van der Waals surface area (Å²) in [4.78, 5) is 2.29. The molecule has 0 saturated heterocycles. The van der Waals surface area contributed by atoms with Crippen molar-refractivity contribution in [2.24, 2.45) is 0 Å². The van der Waals surface area contributed by atoms with E-state index in [1.165, 1.54) is 5.56 Å². The maximum atomic E-state index is 6.38. The molecule has 0 aromatic heterocycles. The van der Waals surface area contributed by atoms with Crippen LogP contribution in [0, 0.1) is 0 Å². The van der Waals surface area contributed by atoms with E-state index in [4.69, 9.17) is 11.6 Å². The average molecular weight is 287 g/mol. The summed E-state index contributed by atoms with van der Waals surface area (Å²) >= 11 is 8.26. The fourth-order valence-corrected chi connectivity index (χ4v) is 3.22. The quantitative estimate of drug-likeness (QED) is 0.824. The first kappa shape index (κ1) is 15.7. The van der Waals surface area contributed by atoms with Crippen LogP contribution in [0.4, 0.5) is 5.69 Å². The second-order valence-corrected chi connectivity index (χ2v) is 5.76. The lowest BCUT2D eigenvalue weighted by Crippen LogP contribution is -2.33. The lowest BCUT2D eigenvalue weighted by molar-refractivity contribution is 0.673. The van der Waals surface area contributed by atoms with Gasteiger partial charge >= 0.3 is 0 Å². The second-order valence-electron chi connectivity index (χ2n) is 4.44. The van der Waals surface area contributed by atoms with Crippen LogP contribution < -0.4 is 10.2 Å². The van der Waals surface area contributed by atoms with Crippen LogP contribution in [-0.4, -0.2) is 32.1 Å². The van der Waals surface area contributed by atoms with Crippen LogP contribution in [0.2, 0.25) is 5.02 Å².